The van der Waals surface area contributed by atoms with Crippen LogP contribution in [0.4, 0.5) is 10.1 Å². The Morgan fingerprint density at radius 1 is 1.25 bits per heavy atom. The number of hydrogen-bond acceptors (Lipinski definition) is 2. The lowest BCUT2D eigenvalue weighted by Gasteiger charge is -2.30. The minimum Gasteiger partial charge on any atom is -0.366 e. The molecule has 0 bridgehead atoms. The Hall–Kier alpha value is -1.58. The molecule has 0 amide bonds. The highest BCUT2D eigenvalue weighted by Gasteiger charge is 2.17. The summed E-state index contributed by atoms with van der Waals surface area (Å²) in [6, 6.07) is 12.9. The van der Waals surface area contributed by atoms with E-state index in [4.69, 9.17) is 17.3 Å². The molecule has 20 heavy (non-hydrogen) atoms. The molecule has 4 heteroatoms. The van der Waals surface area contributed by atoms with Crippen molar-refractivity contribution in [3.63, 3.8) is 0 Å². The van der Waals surface area contributed by atoms with Crippen molar-refractivity contribution in [2.45, 2.75) is 13.0 Å². The molecule has 0 heterocycles. The Morgan fingerprint density at radius 2 is 2.00 bits per heavy atom. The van der Waals surface area contributed by atoms with Gasteiger partial charge in [0.2, 0.25) is 0 Å². The van der Waals surface area contributed by atoms with E-state index in [1.165, 1.54) is 11.6 Å². The number of nitrogens with two attached hydrogens (primary N) is 1. The van der Waals surface area contributed by atoms with Crippen molar-refractivity contribution >= 4 is 17.3 Å². The summed E-state index contributed by atoms with van der Waals surface area (Å²) >= 11 is 5.86. The number of halogens is 2. The molecule has 0 aliphatic rings. The van der Waals surface area contributed by atoms with Gasteiger partial charge in [0.15, 0.2) is 0 Å². The lowest BCUT2D eigenvalue weighted by molar-refractivity contribution is 0.623. The van der Waals surface area contributed by atoms with Crippen LogP contribution in [0.25, 0.3) is 0 Å². The lowest BCUT2D eigenvalue weighted by Crippen LogP contribution is -2.30. The number of anilines is 1. The van der Waals surface area contributed by atoms with E-state index in [0.717, 1.165) is 11.3 Å². The fourth-order valence-electron chi connectivity index (χ4n) is 2.26. The third-order valence-corrected chi connectivity index (χ3v) is 3.72. The third kappa shape index (κ3) is 3.11. The second kappa shape index (κ2) is 6.25. The molecular weight excluding hydrogens is 275 g/mol. The predicted molar refractivity (Wildman–Crippen MR) is 82.8 cm³/mol. The summed E-state index contributed by atoms with van der Waals surface area (Å²) < 4.78 is 13.3. The molecule has 0 aliphatic carbocycles. The van der Waals surface area contributed by atoms with Crippen molar-refractivity contribution in [1.82, 2.24) is 0 Å². The lowest BCUT2D eigenvalue weighted by atomic mass is 10.0. The normalized spacial score (nSPS) is 12.2. The maximum atomic E-state index is 13.3. The zero-order valence-corrected chi connectivity index (χ0v) is 12.4. The number of rotatable bonds is 4. The van der Waals surface area contributed by atoms with Crippen molar-refractivity contribution in [3.05, 3.63) is 64.4 Å². The molecule has 2 rings (SSSR count). The summed E-state index contributed by atoms with van der Waals surface area (Å²) in [5.74, 6) is -0.413. The molecule has 2 N–H and O–H groups in total. The predicted octanol–water partition coefficient (Wildman–Crippen LogP) is 3.92. The highest BCUT2D eigenvalue weighted by atomic mass is 35.5. The van der Waals surface area contributed by atoms with Gasteiger partial charge < -0.3 is 10.6 Å². The van der Waals surface area contributed by atoms with Crippen LogP contribution in [0.1, 0.15) is 17.2 Å². The Balaban J connectivity index is 2.33. The summed E-state index contributed by atoms with van der Waals surface area (Å²) in [5.41, 5.74) is 9.05. The monoisotopic (exact) mass is 292 g/mol. The topological polar surface area (TPSA) is 29.3 Å². The van der Waals surface area contributed by atoms with Gasteiger partial charge in [0.25, 0.3) is 0 Å². The Labute approximate surface area is 124 Å². The second-order valence-corrected chi connectivity index (χ2v) is 5.28. The van der Waals surface area contributed by atoms with Gasteiger partial charge in [-0.2, -0.15) is 0 Å². The van der Waals surface area contributed by atoms with E-state index < -0.39 is 5.82 Å². The van der Waals surface area contributed by atoms with E-state index >= 15 is 0 Å². The van der Waals surface area contributed by atoms with Gasteiger partial charge in [-0.1, -0.05) is 29.8 Å². The van der Waals surface area contributed by atoms with Gasteiger partial charge in [-0.25, -0.2) is 4.39 Å². The highest BCUT2D eigenvalue weighted by molar-refractivity contribution is 6.30. The Morgan fingerprint density at radius 3 is 2.60 bits per heavy atom. The molecule has 1 unspecified atom stereocenters. The van der Waals surface area contributed by atoms with Gasteiger partial charge in [0.05, 0.1) is 11.1 Å². The van der Waals surface area contributed by atoms with Gasteiger partial charge in [-0.3, -0.25) is 0 Å². The van der Waals surface area contributed by atoms with Crippen LogP contribution in [0.15, 0.2) is 42.5 Å². The maximum absolute atomic E-state index is 13.3. The van der Waals surface area contributed by atoms with Gasteiger partial charge in [-0.15, -0.1) is 0 Å². The summed E-state index contributed by atoms with van der Waals surface area (Å²) in [5, 5.41) is 0.124. The van der Waals surface area contributed by atoms with Crippen LogP contribution >= 0.6 is 11.6 Å². The van der Waals surface area contributed by atoms with Crippen LogP contribution in [0, 0.1) is 12.7 Å². The first kappa shape index (κ1) is 14.8. The Bertz CT molecular complexity index is 601. The van der Waals surface area contributed by atoms with Crippen LogP contribution < -0.4 is 10.6 Å². The van der Waals surface area contributed by atoms with E-state index in [1.807, 2.05) is 32.2 Å². The van der Waals surface area contributed by atoms with E-state index in [9.17, 15) is 4.39 Å². The average molecular weight is 293 g/mol. The molecule has 2 aromatic carbocycles. The zero-order chi connectivity index (χ0) is 14.7. The van der Waals surface area contributed by atoms with Crippen LogP contribution in [0.3, 0.4) is 0 Å². The van der Waals surface area contributed by atoms with Gasteiger partial charge in [0.1, 0.15) is 5.82 Å². The zero-order valence-electron chi connectivity index (χ0n) is 11.6. The van der Waals surface area contributed by atoms with Crippen molar-refractivity contribution in [1.29, 1.82) is 0 Å². The van der Waals surface area contributed by atoms with E-state index in [2.05, 4.69) is 11.0 Å². The first-order chi connectivity index (χ1) is 9.52. The fraction of sp³-hybridized carbons (Fsp3) is 0.250. The number of nitrogens with zero attached hydrogens (tertiary/aromatic N) is 1. The summed E-state index contributed by atoms with van der Waals surface area (Å²) in [7, 11) is 1.98. The molecular formula is C16H18ClFN2. The van der Waals surface area contributed by atoms with Crippen LogP contribution in [-0.4, -0.2) is 13.6 Å². The molecule has 0 radical (unpaired) electrons. The molecule has 106 valence electrons. The average Bonchev–Trinajstić information content (AvgIpc) is 2.43. The van der Waals surface area contributed by atoms with Crippen molar-refractivity contribution in [2.24, 2.45) is 5.73 Å². The molecule has 2 nitrogen and oxygen atoms in total. The van der Waals surface area contributed by atoms with Gasteiger partial charge in [-0.05, 0) is 42.3 Å². The van der Waals surface area contributed by atoms with E-state index in [-0.39, 0.29) is 11.1 Å². The third-order valence-electron chi connectivity index (χ3n) is 3.43. The molecule has 1 atom stereocenters. The molecule has 0 saturated carbocycles. The van der Waals surface area contributed by atoms with E-state index in [0.29, 0.717) is 6.54 Å². The second-order valence-electron chi connectivity index (χ2n) is 4.87. The number of benzene rings is 2. The maximum Gasteiger partial charge on any atom is 0.141 e. The van der Waals surface area contributed by atoms with Crippen molar-refractivity contribution in [2.75, 3.05) is 18.5 Å². The Kier molecular flexibility index (Phi) is 4.63. The summed E-state index contributed by atoms with van der Waals surface area (Å²) in [4.78, 5) is 2.08. The quantitative estimate of drug-likeness (QED) is 0.925. The molecule has 0 spiro atoms. The minimum atomic E-state index is -0.413. The first-order valence-electron chi connectivity index (χ1n) is 6.47. The number of aryl methyl sites for hydroxylation is 1. The smallest absolute Gasteiger partial charge is 0.141 e. The fourth-order valence-corrected chi connectivity index (χ4v) is 2.45. The number of hydrogen-bond donors (Lipinski definition) is 1. The van der Waals surface area contributed by atoms with Gasteiger partial charge in [0, 0.05) is 19.3 Å². The SMILES string of the molecule is Cc1cccc(N(C)C(CN)c2ccc(F)c(Cl)c2)c1. The standard InChI is InChI=1S/C16H18ClFN2/c1-11-4-3-5-13(8-11)20(2)16(10-19)12-6-7-15(18)14(17)9-12/h3-9,16H,10,19H2,1-2H3. The number of likely N-dealkylation sites (N-methyl/N-ethyl adjacent to an activating group) is 1. The van der Waals surface area contributed by atoms with Crippen molar-refractivity contribution in [3.8, 4) is 0 Å². The van der Waals surface area contributed by atoms with Crippen molar-refractivity contribution < 1.29 is 4.39 Å². The van der Waals surface area contributed by atoms with E-state index in [1.54, 1.807) is 12.1 Å². The van der Waals surface area contributed by atoms with Crippen LogP contribution in [0.2, 0.25) is 5.02 Å². The molecule has 0 saturated heterocycles. The highest BCUT2D eigenvalue weighted by Crippen LogP contribution is 2.28. The molecule has 2 aromatic rings. The summed E-state index contributed by atoms with van der Waals surface area (Å²) in [6.45, 7) is 2.47. The van der Waals surface area contributed by atoms with Crippen LogP contribution in [-0.2, 0) is 0 Å². The molecule has 0 aliphatic heterocycles. The molecule has 0 fully saturated rings. The minimum absolute atomic E-state index is 0.0464. The largest absolute Gasteiger partial charge is 0.366 e. The molecule has 0 aromatic heterocycles. The van der Waals surface area contributed by atoms with Crippen LogP contribution in [0.5, 0.6) is 0 Å². The first-order valence-corrected chi connectivity index (χ1v) is 6.85. The summed E-state index contributed by atoms with van der Waals surface area (Å²) in [6.07, 6.45) is 0. The van der Waals surface area contributed by atoms with Gasteiger partial charge >= 0.3 is 0 Å².